The number of alkyl halides is 2. The molecule has 0 radical (unpaired) electrons. The SMILES string of the molecule is O=C(O)c1nc2ccc(C(F)F)cn2n1. The summed E-state index contributed by atoms with van der Waals surface area (Å²) in [6, 6.07) is 2.47. The van der Waals surface area contributed by atoms with Gasteiger partial charge in [-0.1, -0.05) is 0 Å². The summed E-state index contributed by atoms with van der Waals surface area (Å²) < 4.78 is 25.6. The Morgan fingerprint density at radius 3 is 2.80 bits per heavy atom. The first kappa shape index (κ1) is 9.50. The van der Waals surface area contributed by atoms with E-state index in [-0.39, 0.29) is 11.2 Å². The summed E-state index contributed by atoms with van der Waals surface area (Å²) in [4.78, 5) is 14.1. The van der Waals surface area contributed by atoms with E-state index in [2.05, 4.69) is 10.1 Å². The monoisotopic (exact) mass is 213 g/mol. The number of nitrogens with zero attached hydrogens (tertiary/aromatic N) is 3. The molecule has 0 saturated heterocycles. The predicted octanol–water partition coefficient (Wildman–Crippen LogP) is 1.37. The van der Waals surface area contributed by atoms with Gasteiger partial charge in [0.2, 0.25) is 0 Å². The molecule has 2 heterocycles. The Labute approximate surface area is 82.0 Å². The molecule has 0 aliphatic heterocycles. The molecule has 5 nitrogen and oxygen atoms in total. The van der Waals surface area contributed by atoms with Gasteiger partial charge in [-0.3, -0.25) is 0 Å². The number of aromatic nitrogens is 3. The van der Waals surface area contributed by atoms with E-state index in [9.17, 15) is 13.6 Å². The Hall–Kier alpha value is -2.05. The number of hydrogen-bond acceptors (Lipinski definition) is 3. The number of fused-ring (bicyclic) bond motifs is 1. The molecule has 7 heteroatoms. The van der Waals surface area contributed by atoms with Crippen LogP contribution in [0.15, 0.2) is 18.3 Å². The third-order valence-electron chi connectivity index (χ3n) is 1.80. The van der Waals surface area contributed by atoms with Crippen LogP contribution in [0.25, 0.3) is 5.65 Å². The fourth-order valence-electron chi connectivity index (χ4n) is 1.12. The third-order valence-corrected chi connectivity index (χ3v) is 1.80. The molecule has 0 aliphatic rings. The number of halogens is 2. The second-order valence-corrected chi connectivity index (χ2v) is 2.81. The average molecular weight is 213 g/mol. The first-order valence-electron chi connectivity index (χ1n) is 3.95. The van der Waals surface area contributed by atoms with Crippen molar-refractivity contribution in [3.63, 3.8) is 0 Å². The van der Waals surface area contributed by atoms with Crippen molar-refractivity contribution >= 4 is 11.6 Å². The summed E-state index contributed by atoms with van der Waals surface area (Å²) in [6.07, 6.45) is -1.56. The molecule has 78 valence electrons. The van der Waals surface area contributed by atoms with Gasteiger partial charge in [0.1, 0.15) is 0 Å². The van der Waals surface area contributed by atoms with E-state index < -0.39 is 18.2 Å². The fraction of sp³-hybridized carbons (Fsp3) is 0.125. The summed E-state index contributed by atoms with van der Waals surface area (Å²) in [6.45, 7) is 0. The van der Waals surface area contributed by atoms with Crippen molar-refractivity contribution in [1.29, 1.82) is 0 Å². The topological polar surface area (TPSA) is 67.5 Å². The normalized spacial score (nSPS) is 11.1. The first-order chi connectivity index (χ1) is 7.08. The van der Waals surface area contributed by atoms with E-state index in [1.165, 1.54) is 12.1 Å². The molecule has 0 fully saturated rings. The van der Waals surface area contributed by atoms with Crippen LogP contribution in [0.2, 0.25) is 0 Å². The second-order valence-electron chi connectivity index (χ2n) is 2.81. The Morgan fingerprint density at radius 2 is 2.20 bits per heavy atom. The minimum absolute atomic E-state index is 0.219. The van der Waals surface area contributed by atoms with Gasteiger partial charge >= 0.3 is 5.97 Å². The van der Waals surface area contributed by atoms with E-state index >= 15 is 0 Å². The Kier molecular flexibility index (Phi) is 2.07. The van der Waals surface area contributed by atoms with E-state index in [0.717, 1.165) is 10.7 Å². The highest BCUT2D eigenvalue weighted by Gasteiger charge is 2.13. The van der Waals surface area contributed by atoms with Crippen LogP contribution in [0.5, 0.6) is 0 Å². The number of hydrogen-bond donors (Lipinski definition) is 1. The maximum absolute atomic E-state index is 12.3. The fourth-order valence-corrected chi connectivity index (χ4v) is 1.12. The zero-order valence-electron chi connectivity index (χ0n) is 7.26. The highest BCUT2D eigenvalue weighted by atomic mass is 19.3. The number of carbonyl (C=O) groups is 1. The third kappa shape index (κ3) is 1.63. The molecule has 1 N–H and O–H groups in total. The van der Waals surface area contributed by atoms with Crippen molar-refractivity contribution in [2.75, 3.05) is 0 Å². The van der Waals surface area contributed by atoms with Crippen molar-refractivity contribution in [3.8, 4) is 0 Å². The number of pyridine rings is 1. The highest BCUT2D eigenvalue weighted by molar-refractivity contribution is 5.83. The van der Waals surface area contributed by atoms with Crippen LogP contribution >= 0.6 is 0 Å². The van der Waals surface area contributed by atoms with Crippen molar-refractivity contribution in [2.45, 2.75) is 6.43 Å². The second kappa shape index (κ2) is 3.26. The Bertz CT molecular complexity index is 524. The zero-order valence-corrected chi connectivity index (χ0v) is 7.26. The summed E-state index contributed by atoms with van der Waals surface area (Å²) in [5.41, 5.74) is -0.0128. The van der Waals surface area contributed by atoms with Gasteiger partial charge < -0.3 is 5.11 Å². The molecular formula is C8H5F2N3O2. The van der Waals surface area contributed by atoms with E-state index in [0.29, 0.717) is 0 Å². The summed E-state index contributed by atoms with van der Waals surface area (Å²) in [5, 5.41) is 12.1. The van der Waals surface area contributed by atoms with E-state index in [1.807, 2.05) is 0 Å². The highest BCUT2D eigenvalue weighted by Crippen LogP contribution is 2.18. The lowest BCUT2D eigenvalue weighted by atomic mass is 10.3. The Balaban J connectivity index is 2.57. The summed E-state index contributed by atoms with van der Waals surface area (Å²) in [5.74, 6) is -1.71. The van der Waals surface area contributed by atoms with Crippen LogP contribution in [0.3, 0.4) is 0 Å². The number of carboxylic acid groups (broad SMARTS) is 1. The lowest BCUT2D eigenvalue weighted by Gasteiger charge is -1.98. The molecule has 0 aromatic carbocycles. The van der Waals surface area contributed by atoms with Crippen molar-refractivity contribution in [3.05, 3.63) is 29.7 Å². The number of rotatable bonds is 2. The van der Waals surface area contributed by atoms with Gasteiger partial charge in [-0.05, 0) is 12.1 Å². The van der Waals surface area contributed by atoms with Gasteiger partial charge in [0.05, 0.1) is 0 Å². The molecule has 2 aromatic rings. The van der Waals surface area contributed by atoms with Crippen LogP contribution in [0.1, 0.15) is 22.6 Å². The van der Waals surface area contributed by atoms with Gasteiger partial charge in [0.25, 0.3) is 12.2 Å². The van der Waals surface area contributed by atoms with E-state index in [4.69, 9.17) is 5.11 Å². The summed E-state index contributed by atoms with van der Waals surface area (Å²) in [7, 11) is 0. The van der Waals surface area contributed by atoms with Gasteiger partial charge in [-0.25, -0.2) is 23.1 Å². The van der Waals surface area contributed by atoms with Crippen LogP contribution in [-0.2, 0) is 0 Å². The smallest absolute Gasteiger partial charge is 0.375 e. The maximum Gasteiger partial charge on any atom is 0.375 e. The molecule has 0 aliphatic carbocycles. The standard InChI is InChI=1S/C8H5F2N3O2/c9-6(10)4-1-2-5-11-7(8(14)15)12-13(5)3-4/h1-3,6H,(H,14,15). The molecular weight excluding hydrogens is 208 g/mol. The zero-order chi connectivity index (χ0) is 11.0. The number of aromatic carboxylic acids is 1. The maximum atomic E-state index is 12.3. The van der Waals surface area contributed by atoms with E-state index in [1.54, 1.807) is 0 Å². The van der Waals surface area contributed by atoms with Gasteiger partial charge in [0, 0.05) is 11.8 Å². The molecule has 0 amide bonds. The molecule has 0 unspecified atom stereocenters. The van der Waals surface area contributed by atoms with Crippen molar-refractivity contribution < 1.29 is 18.7 Å². The van der Waals surface area contributed by atoms with Crippen molar-refractivity contribution in [2.24, 2.45) is 0 Å². The molecule has 0 bridgehead atoms. The molecule has 2 aromatic heterocycles. The van der Waals surface area contributed by atoms with Crippen LogP contribution in [0.4, 0.5) is 8.78 Å². The van der Waals surface area contributed by atoms with Gasteiger partial charge in [0.15, 0.2) is 5.65 Å². The number of carboxylic acids is 1. The quantitative estimate of drug-likeness (QED) is 0.817. The average Bonchev–Trinajstić information content (AvgIpc) is 2.59. The van der Waals surface area contributed by atoms with Gasteiger partial charge in [-0.15, -0.1) is 5.10 Å². The molecule has 0 spiro atoms. The minimum atomic E-state index is -2.62. The molecule has 0 atom stereocenters. The summed E-state index contributed by atoms with van der Waals surface area (Å²) >= 11 is 0. The van der Waals surface area contributed by atoms with Crippen LogP contribution in [-0.4, -0.2) is 25.7 Å². The molecule has 0 saturated carbocycles. The first-order valence-corrected chi connectivity index (χ1v) is 3.95. The van der Waals surface area contributed by atoms with Gasteiger partial charge in [-0.2, -0.15) is 0 Å². The minimum Gasteiger partial charge on any atom is -0.475 e. The lowest BCUT2D eigenvalue weighted by molar-refractivity contribution is 0.0684. The van der Waals surface area contributed by atoms with Crippen molar-refractivity contribution in [1.82, 2.24) is 14.6 Å². The van der Waals surface area contributed by atoms with Crippen LogP contribution < -0.4 is 0 Å². The molecule has 2 rings (SSSR count). The van der Waals surface area contributed by atoms with Crippen LogP contribution in [0, 0.1) is 0 Å². The molecule has 15 heavy (non-hydrogen) atoms. The largest absolute Gasteiger partial charge is 0.475 e. The Morgan fingerprint density at radius 1 is 1.47 bits per heavy atom. The predicted molar refractivity (Wildman–Crippen MR) is 44.9 cm³/mol. The lowest BCUT2D eigenvalue weighted by Crippen LogP contribution is -1.99.